The average molecular weight is 304 g/mol. The molecule has 22 heavy (non-hydrogen) atoms. The van der Waals surface area contributed by atoms with Crippen molar-refractivity contribution in [2.45, 2.75) is 31.9 Å². The Hall–Kier alpha value is -1.33. The summed E-state index contributed by atoms with van der Waals surface area (Å²) in [6, 6.07) is 2.04. The van der Waals surface area contributed by atoms with Crippen LogP contribution in [0.3, 0.4) is 0 Å². The Labute approximate surface area is 131 Å². The van der Waals surface area contributed by atoms with Crippen molar-refractivity contribution in [3.05, 3.63) is 24.2 Å². The van der Waals surface area contributed by atoms with Gasteiger partial charge in [0.25, 0.3) is 0 Å². The predicted octanol–water partition coefficient (Wildman–Crippen LogP) is 1.64. The van der Waals surface area contributed by atoms with Gasteiger partial charge >= 0.3 is 0 Å². The molecule has 5 heteroatoms. The van der Waals surface area contributed by atoms with E-state index in [1.165, 1.54) is 5.56 Å². The standard InChI is InChI=1S/C17H24N2O3/c20-17(13-1-2-13)18-7-16-15-3-5-19(9-14(15)11-22-16)8-12-4-6-21-10-12/h4,6,10,13-16H,1-3,5,7-9,11H2,(H,18,20)/t14-,15-,16+/m1/s1. The summed E-state index contributed by atoms with van der Waals surface area (Å²) in [5.41, 5.74) is 1.24. The molecular weight excluding hydrogens is 280 g/mol. The summed E-state index contributed by atoms with van der Waals surface area (Å²) in [4.78, 5) is 14.3. The number of nitrogens with zero attached hydrogens (tertiary/aromatic N) is 1. The maximum absolute atomic E-state index is 11.8. The Morgan fingerprint density at radius 2 is 2.27 bits per heavy atom. The Balaban J connectivity index is 1.27. The van der Waals surface area contributed by atoms with Crippen molar-refractivity contribution in [1.82, 2.24) is 10.2 Å². The average Bonchev–Trinajstić information content (AvgIpc) is 3.12. The van der Waals surface area contributed by atoms with Gasteiger partial charge in [0.1, 0.15) is 0 Å². The number of hydrogen-bond donors (Lipinski definition) is 1. The maximum Gasteiger partial charge on any atom is 0.223 e. The highest BCUT2D eigenvalue weighted by Gasteiger charge is 2.41. The maximum atomic E-state index is 11.8. The van der Waals surface area contributed by atoms with Gasteiger partial charge in [-0.2, -0.15) is 0 Å². The molecule has 2 saturated heterocycles. The van der Waals surface area contributed by atoms with E-state index in [1.54, 1.807) is 6.26 Å². The first kappa shape index (κ1) is 14.3. The second-order valence-corrected chi connectivity index (χ2v) is 6.97. The zero-order valence-corrected chi connectivity index (χ0v) is 12.9. The molecule has 2 aliphatic heterocycles. The van der Waals surface area contributed by atoms with Crippen molar-refractivity contribution < 1.29 is 13.9 Å². The molecule has 1 aromatic rings. The summed E-state index contributed by atoms with van der Waals surface area (Å²) in [6.45, 7) is 4.67. The second kappa shape index (κ2) is 6.05. The van der Waals surface area contributed by atoms with Crippen molar-refractivity contribution in [3.8, 4) is 0 Å². The minimum Gasteiger partial charge on any atom is -0.472 e. The molecule has 3 heterocycles. The second-order valence-electron chi connectivity index (χ2n) is 6.97. The predicted molar refractivity (Wildman–Crippen MR) is 81.1 cm³/mol. The number of amides is 1. The lowest BCUT2D eigenvalue weighted by molar-refractivity contribution is -0.122. The minimum absolute atomic E-state index is 0.212. The molecule has 0 radical (unpaired) electrons. The Bertz CT molecular complexity index is 512. The number of nitrogens with one attached hydrogen (secondary N) is 1. The molecule has 1 amide bonds. The van der Waals surface area contributed by atoms with Gasteiger partial charge in [0, 0.05) is 37.0 Å². The number of hydrogen-bond acceptors (Lipinski definition) is 4. The summed E-state index contributed by atoms with van der Waals surface area (Å²) in [6.07, 6.45) is 7.06. The largest absolute Gasteiger partial charge is 0.472 e. The van der Waals surface area contributed by atoms with Crippen LogP contribution in [-0.2, 0) is 16.1 Å². The molecule has 1 saturated carbocycles. The molecule has 5 nitrogen and oxygen atoms in total. The Morgan fingerprint density at radius 1 is 1.36 bits per heavy atom. The number of carbonyl (C=O) groups is 1. The Morgan fingerprint density at radius 3 is 3.05 bits per heavy atom. The van der Waals surface area contributed by atoms with Crippen LogP contribution in [0.15, 0.2) is 23.0 Å². The highest BCUT2D eigenvalue weighted by atomic mass is 16.5. The van der Waals surface area contributed by atoms with Crippen molar-refractivity contribution >= 4 is 5.91 Å². The monoisotopic (exact) mass is 304 g/mol. The summed E-state index contributed by atoms with van der Waals surface area (Å²) >= 11 is 0. The number of piperidine rings is 1. The lowest BCUT2D eigenvalue weighted by Gasteiger charge is -2.35. The fourth-order valence-corrected chi connectivity index (χ4v) is 3.85. The lowest BCUT2D eigenvalue weighted by atomic mass is 9.84. The normalized spacial score (nSPS) is 31.9. The van der Waals surface area contributed by atoms with E-state index in [-0.39, 0.29) is 17.9 Å². The molecule has 4 rings (SSSR count). The third-order valence-electron chi connectivity index (χ3n) is 5.29. The number of furan rings is 1. The van der Waals surface area contributed by atoms with E-state index in [9.17, 15) is 4.79 Å². The summed E-state index contributed by atoms with van der Waals surface area (Å²) in [5.74, 6) is 1.71. The molecule has 0 unspecified atom stereocenters. The van der Waals surface area contributed by atoms with Gasteiger partial charge in [-0.05, 0) is 37.8 Å². The van der Waals surface area contributed by atoms with E-state index >= 15 is 0 Å². The van der Waals surface area contributed by atoms with Crippen LogP contribution in [-0.4, -0.2) is 43.2 Å². The van der Waals surface area contributed by atoms with Crippen LogP contribution in [0.2, 0.25) is 0 Å². The van der Waals surface area contributed by atoms with Crippen molar-refractivity contribution in [2.75, 3.05) is 26.2 Å². The van der Waals surface area contributed by atoms with Crippen molar-refractivity contribution in [3.63, 3.8) is 0 Å². The molecule has 1 aromatic heterocycles. The summed E-state index contributed by atoms with van der Waals surface area (Å²) < 4.78 is 11.1. The molecule has 3 atom stereocenters. The van der Waals surface area contributed by atoms with Gasteiger partial charge in [0.15, 0.2) is 0 Å². The van der Waals surface area contributed by atoms with Crippen LogP contribution >= 0.6 is 0 Å². The van der Waals surface area contributed by atoms with Gasteiger partial charge in [0.2, 0.25) is 5.91 Å². The topological polar surface area (TPSA) is 54.7 Å². The van der Waals surface area contributed by atoms with E-state index in [2.05, 4.69) is 10.2 Å². The van der Waals surface area contributed by atoms with E-state index in [0.717, 1.165) is 45.5 Å². The van der Waals surface area contributed by atoms with Crippen LogP contribution in [0.4, 0.5) is 0 Å². The first-order valence-corrected chi connectivity index (χ1v) is 8.42. The number of likely N-dealkylation sites (tertiary alicyclic amines) is 1. The molecule has 1 N–H and O–H groups in total. The van der Waals surface area contributed by atoms with E-state index in [0.29, 0.717) is 18.4 Å². The molecule has 1 aliphatic carbocycles. The van der Waals surface area contributed by atoms with Gasteiger partial charge in [-0.15, -0.1) is 0 Å². The van der Waals surface area contributed by atoms with Crippen molar-refractivity contribution in [1.29, 1.82) is 0 Å². The number of fused-ring (bicyclic) bond motifs is 1. The van der Waals surface area contributed by atoms with E-state index in [4.69, 9.17) is 9.15 Å². The van der Waals surface area contributed by atoms with Crippen LogP contribution in [0.25, 0.3) is 0 Å². The third kappa shape index (κ3) is 3.06. The SMILES string of the molecule is O=C(NC[C@@H]1OC[C@H]2CN(Cc3ccoc3)CC[C@H]21)C1CC1. The fourth-order valence-electron chi connectivity index (χ4n) is 3.85. The zero-order valence-electron chi connectivity index (χ0n) is 12.9. The van der Waals surface area contributed by atoms with Crippen LogP contribution < -0.4 is 5.32 Å². The van der Waals surface area contributed by atoms with Crippen LogP contribution in [0.5, 0.6) is 0 Å². The number of ether oxygens (including phenoxy) is 1. The summed E-state index contributed by atoms with van der Waals surface area (Å²) in [7, 11) is 0. The highest BCUT2D eigenvalue weighted by Crippen LogP contribution is 2.35. The first-order valence-electron chi connectivity index (χ1n) is 8.42. The van der Waals surface area contributed by atoms with Crippen LogP contribution in [0, 0.1) is 17.8 Å². The van der Waals surface area contributed by atoms with Gasteiger partial charge in [0.05, 0.1) is 25.2 Å². The molecule has 3 aliphatic rings. The molecule has 0 spiro atoms. The van der Waals surface area contributed by atoms with E-state index in [1.807, 2.05) is 12.3 Å². The van der Waals surface area contributed by atoms with Gasteiger partial charge in [-0.1, -0.05) is 0 Å². The molecule has 120 valence electrons. The van der Waals surface area contributed by atoms with Crippen molar-refractivity contribution in [2.24, 2.45) is 17.8 Å². The first-order chi connectivity index (χ1) is 10.8. The zero-order chi connectivity index (χ0) is 14.9. The van der Waals surface area contributed by atoms with Crippen LogP contribution in [0.1, 0.15) is 24.8 Å². The molecular formula is C17H24N2O3. The Kier molecular flexibility index (Phi) is 3.92. The summed E-state index contributed by atoms with van der Waals surface area (Å²) in [5, 5.41) is 3.08. The lowest BCUT2D eigenvalue weighted by Crippen LogP contribution is -2.43. The smallest absolute Gasteiger partial charge is 0.223 e. The third-order valence-corrected chi connectivity index (χ3v) is 5.29. The molecule has 3 fully saturated rings. The quantitative estimate of drug-likeness (QED) is 0.898. The molecule has 0 aromatic carbocycles. The van der Waals surface area contributed by atoms with Gasteiger partial charge in [-0.3, -0.25) is 9.69 Å². The minimum atomic E-state index is 0.212. The number of rotatable bonds is 5. The molecule has 0 bridgehead atoms. The van der Waals surface area contributed by atoms with Gasteiger partial charge < -0.3 is 14.5 Å². The van der Waals surface area contributed by atoms with E-state index < -0.39 is 0 Å². The fraction of sp³-hybridized carbons (Fsp3) is 0.706. The highest BCUT2D eigenvalue weighted by molar-refractivity contribution is 5.80. The van der Waals surface area contributed by atoms with Gasteiger partial charge in [-0.25, -0.2) is 0 Å². The number of carbonyl (C=O) groups excluding carboxylic acids is 1.